The van der Waals surface area contributed by atoms with Crippen molar-refractivity contribution >= 4 is 23.3 Å². The Morgan fingerprint density at radius 1 is 1.35 bits per heavy atom. The minimum atomic E-state index is -4.44. The number of nitrogens with zero attached hydrogens (tertiary/aromatic N) is 4. The molecule has 0 amide bonds. The molecule has 182 valence electrons. The Hall–Kier alpha value is -3.61. The van der Waals surface area contributed by atoms with Gasteiger partial charge in [-0.1, -0.05) is 6.58 Å². The normalized spacial score (nSPS) is 18.7. The Bertz CT molecular complexity index is 1100. The third kappa shape index (κ3) is 6.70. The van der Waals surface area contributed by atoms with Crippen LogP contribution in [0.15, 0.2) is 42.3 Å². The number of hydrogen-bond acceptors (Lipinski definition) is 8. The second-order valence-corrected chi connectivity index (χ2v) is 7.64. The van der Waals surface area contributed by atoms with Crippen LogP contribution in [0.25, 0.3) is 22.5 Å². The van der Waals surface area contributed by atoms with Gasteiger partial charge >= 0.3 is 6.18 Å². The maximum absolute atomic E-state index is 13.7. The van der Waals surface area contributed by atoms with Gasteiger partial charge in [0.05, 0.1) is 29.8 Å². The van der Waals surface area contributed by atoms with Crippen LogP contribution in [-0.2, 0) is 0 Å². The zero-order chi connectivity index (χ0) is 24.9. The maximum Gasteiger partial charge on any atom is 0.407 e. The van der Waals surface area contributed by atoms with Crippen LogP contribution in [-0.4, -0.2) is 58.9 Å². The first kappa shape index (κ1) is 25.0. The van der Waals surface area contributed by atoms with E-state index in [2.05, 4.69) is 37.2 Å². The minimum absolute atomic E-state index is 0.0490. The molecule has 8 nitrogen and oxygen atoms in total. The van der Waals surface area contributed by atoms with Gasteiger partial charge in [-0.2, -0.15) is 13.2 Å². The molecule has 13 heteroatoms. The lowest BCUT2D eigenvalue weighted by molar-refractivity contribution is -0.118. The topological polar surface area (TPSA) is 127 Å². The van der Waals surface area contributed by atoms with E-state index in [9.17, 15) is 22.0 Å². The van der Waals surface area contributed by atoms with Crippen LogP contribution in [0.5, 0.6) is 0 Å². The number of pyridine rings is 1. The fourth-order valence-electron chi connectivity index (χ4n) is 3.30. The Morgan fingerprint density at radius 3 is 2.79 bits per heavy atom. The van der Waals surface area contributed by atoms with Crippen LogP contribution in [0.2, 0.25) is 0 Å². The molecule has 2 aromatic rings. The number of anilines is 1. The number of nitrogens with one attached hydrogen (secondary N) is 2. The molecule has 6 N–H and O–H groups in total. The third-order valence-electron chi connectivity index (χ3n) is 4.82. The molecule has 3 rings (SSSR count). The standard InChI is InChI=1S/C21H23F5N8/c1-12(33-15-5-20(22,23)10-30-8-15)18-19(28)32-9-17(34-18)13-2-3-31-16(4-13)14(6-27)7-29-11-21(24,25)26/h2-4,6-7,9,15,30,33H,1,5,8,10-11,27H2,(H2,28,32). The molecule has 0 saturated carbocycles. The van der Waals surface area contributed by atoms with E-state index in [4.69, 9.17) is 11.5 Å². The molecule has 0 radical (unpaired) electrons. The second-order valence-electron chi connectivity index (χ2n) is 7.64. The average molecular weight is 482 g/mol. The summed E-state index contributed by atoms with van der Waals surface area (Å²) in [6.07, 6.45) is 0.0774. The van der Waals surface area contributed by atoms with Crippen molar-refractivity contribution in [1.82, 2.24) is 25.6 Å². The van der Waals surface area contributed by atoms with Crippen LogP contribution in [0.4, 0.5) is 27.8 Å². The smallest absolute Gasteiger partial charge is 0.404 e. The van der Waals surface area contributed by atoms with E-state index in [1.165, 1.54) is 12.4 Å². The van der Waals surface area contributed by atoms with Gasteiger partial charge in [-0.25, -0.2) is 18.7 Å². The molecular formula is C21H23F5N8. The van der Waals surface area contributed by atoms with Crippen molar-refractivity contribution in [3.05, 3.63) is 48.7 Å². The highest BCUT2D eigenvalue weighted by Gasteiger charge is 2.36. The molecule has 0 bridgehead atoms. The van der Waals surface area contributed by atoms with E-state index >= 15 is 0 Å². The fourth-order valence-corrected chi connectivity index (χ4v) is 3.30. The summed E-state index contributed by atoms with van der Waals surface area (Å²) in [7, 11) is 0. The van der Waals surface area contributed by atoms with E-state index in [0.717, 1.165) is 12.4 Å². The Morgan fingerprint density at radius 2 is 2.12 bits per heavy atom. The second kappa shape index (κ2) is 10.1. The SMILES string of the molecule is C=C(NC1CNCC(F)(F)C1)c1nc(-c2ccnc(C(C=NCC(F)(F)F)=CN)c2)cnc1N. The molecule has 1 atom stereocenters. The van der Waals surface area contributed by atoms with E-state index in [1.807, 2.05) is 0 Å². The van der Waals surface area contributed by atoms with Crippen LogP contribution in [0.1, 0.15) is 17.8 Å². The van der Waals surface area contributed by atoms with Crippen molar-refractivity contribution in [2.45, 2.75) is 24.6 Å². The number of aromatic nitrogens is 3. The summed E-state index contributed by atoms with van der Waals surface area (Å²) in [4.78, 5) is 16.0. The number of aliphatic imine (C=N–C) groups is 1. The van der Waals surface area contributed by atoms with Crippen molar-refractivity contribution in [2.75, 3.05) is 25.4 Å². The number of alkyl halides is 5. The largest absolute Gasteiger partial charge is 0.407 e. The van der Waals surface area contributed by atoms with Crippen molar-refractivity contribution in [1.29, 1.82) is 0 Å². The fraction of sp³-hybridized carbons (Fsp3) is 0.333. The van der Waals surface area contributed by atoms with Gasteiger partial charge in [0.15, 0.2) is 5.82 Å². The van der Waals surface area contributed by atoms with E-state index in [0.29, 0.717) is 17.8 Å². The Balaban J connectivity index is 1.82. The summed E-state index contributed by atoms with van der Waals surface area (Å²) in [5, 5.41) is 5.58. The summed E-state index contributed by atoms with van der Waals surface area (Å²) in [5.74, 6) is -2.80. The summed E-state index contributed by atoms with van der Waals surface area (Å²) < 4.78 is 64.4. The Kier molecular flexibility index (Phi) is 7.44. The highest BCUT2D eigenvalue weighted by Crippen LogP contribution is 2.26. The highest BCUT2D eigenvalue weighted by molar-refractivity contribution is 6.09. The lowest BCUT2D eigenvalue weighted by atomic mass is 10.0. The van der Waals surface area contributed by atoms with Gasteiger partial charge in [-0.05, 0) is 12.1 Å². The first-order valence-electron chi connectivity index (χ1n) is 10.1. The predicted octanol–water partition coefficient (Wildman–Crippen LogP) is 2.61. The number of nitrogens with two attached hydrogens (primary N) is 2. The zero-order valence-electron chi connectivity index (χ0n) is 17.9. The van der Waals surface area contributed by atoms with Crippen molar-refractivity contribution in [3.63, 3.8) is 0 Å². The van der Waals surface area contributed by atoms with Crippen molar-refractivity contribution in [3.8, 4) is 11.3 Å². The number of halogens is 5. The van der Waals surface area contributed by atoms with E-state index in [-0.39, 0.29) is 41.4 Å². The number of rotatable bonds is 7. The molecule has 0 aromatic carbocycles. The molecule has 1 fully saturated rings. The molecule has 0 aliphatic carbocycles. The molecule has 1 unspecified atom stereocenters. The average Bonchev–Trinajstić information content (AvgIpc) is 2.75. The first-order valence-corrected chi connectivity index (χ1v) is 10.1. The molecule has 1 aliphatic rings. The zero-order valence-corrected chi connectivity index (χ0v) is 17.9. The molecule has 3 heterocycles. The number of hydrogen-bond donors (Lipinski definition) is 4. The number of piperidine rings is 1. The van der Waals surface area contributed by atoms with Crippen LogP contribution >= 0.6 is 0 Å². The minimum Gasteiger partial charge on any atom is -0.404 e. The molecule has 1 aliphatic heterocycles. The first-order chi connectivity index (χ1) is 16.0. The summed E-state index contributed by atoms with van der Waals surface area (Å²) in [6, 6.07) is 2.57. The summed E-state index contributed by atoms with van der Waals surface area (Å²) >= 11 is 0. The highest BCUT2D eigenvalue weighted by atomic mass is 19.4. The quantitative estimate of drug-likeness (QED) is 0.353. The lowest BCUT2D eigenvalue weighted by Crippen LogP contribution is -2.51. The lowest BCUT2D eigenvalue weighted by Gasteiger charge is -2.31. The molecule has 34 heavy (non-hydrogen) atoms. The number of nitrogen functional groups attached to an aromatic ring is 1. The monoisotopic (exact) mass is 482 g/mol. The van der Waals surface area contributed by atoms with Crippen LogP contribution in [0, 0.1) is 0 Å². The van der Waals surface area contributed by atoms with Gasteiger partial charge in [-0.3, -0.25) is 9.98 Å². The van der Waals surface area contributed by atoms with Gasteiger partial charge in [0.1, 0.15) is 12.2 Å². The van der Waals surface area contributed by atoms with Gasteiger partial charge in [-0.15, -0.1) is 0 Å². The molecule has 1 saturated heterocycles. The van der Waals surface area contributed by atoms with Crippen LogP contribution < -0.4 is 22.1 Å². The number of allylic oxidation sites excluding steroid dienone is 1. The van der Waals surface area contributed by atoms with Crippen molar-refractivity contribution in [2.24, 2.45) is 10.7 Å². The molecular weight excluding hydrogens is 459 g/mol. The summed E-state index contributed by atoms with van der Waals surface area (Å²) in [5.41, 5.74) is 13.2. The van der Waals surface area contributed by atoms with E-state index in [1.54, 1.807) is 12.1 Å². The molecule has 0 spiro atoms. The van der Waals surface area contributed by atoms with Gasteiger partial charge < -0.3 is 22.1 Å². The van der Waals surface area contributed by atoms with Crippen LogP contribution in [0.3, 0.4) is 0 Å². The Labute approximate surface area is 192 Å². The van der Waals surface area contributed by atoms with Gasteiger partial charge in [0.25, 0.3) is 5.92 Å². The maximum atomic E-state index is 13.7. The van der Waals surface area contributed by atoms with E-state index < -0.39 is 24.7 Å². The van der Waals surface area contributed by atoms with Gasteiger partial charge in [0.2, 0.25) is 0 Å². The predicted molar refractivity (Wildman–Crippen MR) is 120 cm³/mol. The molecule has 2 aromatic heterocycles. The van der Waals surface area contributed by atoms with Crippen molar-refractivity contribution < 1.29 is 22.0 Å². The summed E-state index contributed by atoms with van der Waals surface area (Å²) in [6.45, 7) is 2.44. The third-order valence-corrected chi connectivity index (χ3v) is 4.82. The van der Waals surface area contributed by atoms with Gasteiger partial charge in [0, 0.05) is 48.8 Å².